The van der Waals surface area contributed by atoms with E-state index >= 15 is 0 Å². The molecule has 0 aromatic heterocycles. The van der Waals surface area contributed by atoms with Gasteiger partial charge in [-0.05, 0) is 24.5 Å². The van der Waals surface area contributed by atoms with Crippen molar-refractivity contribution in [1.29, 1.82) is 0 Å². The van der Waals surface area contributed by atoms with E-state index in [9.17, 15) is 0 Å². The van der Waals surface area contributed by atoms with Gasteiger partial charge in [-0.1, -0.05) is 38.2 Å². The molecule has 1 aliphatic heterocycles. The SMILES string of the molecule is CC1C=NC2=CCC(=CCC2C)/C=C\C(N)=C1. The monoisotopic (exact) mass is 228 g/mol. The van der Waals surface area contributed by atoms with Crippen LogP contribution in [0.25, 0.3) is 0 Å². The summed E-state index contributed by atoms with van der Waals surface area (Å²) >= 11 is 0. The minimum absolute atomic E-state index is 0.278. The summed E-state index contributed by atoms with van der Waals surface area (Å²) in [7, 11) is 0. The van der Waals surface area contributed by atoms with Gasteiger partial charge < -0.3 is 5.73 Å². The fraction of sp³-hybridized carbons (Fsp3) is 0.400. The van der Waals surface area contributed by atoms with Gasteiger partial charge in [-0.25, -0.2) is 0 Å². The van der Waals surface area contributed by atoms with E-state index in [-0.39, 0.29) is 5.92 Å². The smallest absolute Gasteiger partial charge is 0.0394 e. The summed E-state index contributed by atoms with van der Waals surface area (Å²) in [5.41, 5.74) is 9.27. The predicted molar refractivity (Wildman–Crippen MR) is 73.6 cm³/mol. The lowest BCUT2D eigenvalue weighted by molar-refractivity contribution is 0.688. The zero-order chi connectivity index (χ0) is 12.3. The predicted octanol–water partition coefficient (Wildman–Crippen LogP) is 3.35. The quantitative estimate of drug-likeness (QED) is 0.678. The van der Waals surface area contributed by atoms with Crippen LogP contribution < -0.4 is 5.73 Å². The van der Waals surface area contributed by atoms with Gasteiger partial charge in [0.05, 0.1) is 0 Å². The molecule has 90 valence electrons. The first-order valence-electron chi connectivity index (χ1n) is 6.24. The zero-order valence-corrected chi connectivity index (χ0v) is 10.6. The molecule has 0 radical (unpaired) electrons. The van der Waals surface area contributed by atoms with Gasteiger partial charge in [0.1, 0.15) is 0 Å². The van der Waals surface area contributed by atoms with Crippen LogP contribution in [0.2, 0.25) is 0 Å². The molecule has 17 heavy (non-hydrogen) atoms. The second kappa shape index (κ2) is 5.17. The maximum atomic E-state index is 5.93. The highest BCUT2D eigenvalue weighted by Gasteiger charge is 2.11. The Hall–Kier alpha value is -1.57. The third-order valence-corrected chi connectivity index (χ3v) is 3.19. The number of aliphatic imine (C=N–C) groups is 1. The lowest BCUT2D eigenvalue weighted by atomic mass is 10.0. The third kappa shape index (κ3) is 3.19. The summed E-state index contributed by atoms with van der Waals surface area (Å²) in [6.07, 6.45) is 14.7. The van der Waals surface area contributed by atoms with Crippen molar-refractivity contribution in [3.63, 3.8) is 0 Å². The summed E-state index contributed by atoms with van der Waals surface area (Å²) in [4.78, 5) is 4.61. The average molecular weight is 228 g/mol. The van der Waals surface area contributed by atoms with Crippen LogP contribution >= 0.6 is 0 Å². The molecule has 2 heteroatoms. The second-order valence-corrected chi connectivity index (χ2v) is 4.89. The van der Waals surface area contributed by atoms with Crippen LogP contribution in [-0.4, -0.2) is 6.21 Å². The van der Waals surface area contributed by atoms with Gasteiger partial charge in [0.2, 0.25) is 0 Å². The highest BCUT2D eigenvalue weighted by atomic mass is 14.7. The summed E-state index contributed by atoms with van der Waals surface area (Å²) < 4.78 is 0. The first-order chi connectivity index (χ1) is 8.15. The van der Waals surface area contributed by atoms with Crippen molar-refractivity contribution in [3.05, 3.63) is 47.3 Å². The highest BCUT2D eigenvalue weighted by molar-refractivity contribution is 5.64. The average Bonchev–Trinajstić information content (AvgIpc) is 2.47. The first-order valence-corrected chi connectivity index (χ1v) is 6.24. The molecule has 0 aromatic carbocycles. The number of nitrogens with zero attached hydrogens (tertiary/aromatic N) is 1. The standard InChI is InChI=1S/C15H20N2/c1-11-9-14(16)7-5-13-4-3-12(2)15(8-6-13)17-10-11/h4-5,7-12H,3,6,16H2,1-2H3/b7-5-,14-9?,17-10?. The molecule has 0 aromatic rings. The molecule has 2 N–H and O–H groups in total. The van der Waals surface area contributed by atoms with Gasteiger partial charge in [0.25, 0.3) is 0 Å². The molecule has 1 heterocycles. The molecular formula is C15H20N2. The topological polar surface area (TPSA) is 38.4 Å². The van der Waals surface area contributed by atoms with Crippen molar-refractivity contribution in [3.8, 4) is 0 Å². The third-order valence-electron chi connectivity index (χ3n) is 3.19. The molecule has 2 rings (SSSR count). The highest BCUT2D eigenvalue weighted by Crippen LogP contribution is 2.25. The Balaban J connectivity index is 2.38. The molecule has 0 spiro atoms. The molecule has 0 saturated heterocycles. The van der Waals surface area contributed by atoms with Gasteiger partial charge in [-0.15, -0.1) is 0 Å². The van der Waals surface area contributed by atoms with Crippen LogP contribution in [0.15, 0.2) is 52.3 Å². The molecular weight excluding hydrogens is 208 g/mol. The minimum atomic E-state index is 0.278. The summed E-state index contributed by atoms with van der Waals surface area (Å²) in [6.45, 7) is 4.33. The summed E-state index contributed by atoms with van der Waals surface area (Å²) in [5.74, 6) is 0.783. The van der Waals surface area contributed by atoms with Crippen molar-refractivity contribution in [1.82, 2.24) is 0 Å². The number of fused-ring (bicyclic) bond motifs is 2. The van der Waals surface area contributed by atoms with Gasteiger partial charge in [-0.2, -0.15) is 0 Å². The summed E-state index contributed by atoms with van der Waals surface area (Å²) in [6, 6.07) is 0. The number of nitrogens with two attached hydrogens (primary N) is 1. The van der Waals surface area contributed by atoms with E-state index in [1.807, 2.05) is 18.4 Å². The van der Waals surface area contributed by atoms with Gasteiger partial charge in [-0.3, -0.25) is 4.99 Å². The Kier molecular flexibility index (Phi) is 3.62. The Morgan fingerprint density at radius 1 is 1.24 bits per heavy atom. The zero-order valence-electron chi connectivity index (χ0n) is 10.6. The van der Waals surface area contributed by atoms with Crippen LogP contribution in [0.1, 0.15) is 26.7 Å². The van der Waals surface area contributed by atoms with Crippen molar-refractivity contribution in [2.75, 3.05) is 0 Å². The van der Waals surface area contributed by atoms with Crippen LogP contribution in [0.3, 0.4) is 0 Å². The number of hydrogen-bond acceptors (Lipinski definition) is 2. The Morgan fingerprint density at radius 3 is 2.88 bits per heavy atom. The molecule has 0 amide bonds. The van der Waals surface area contributed by atoms with Crippen LogP contribution in [0, 0.1) is 11.8 Å². The number of hydrogen-bond donors (Lipinski definition) is 1. The van der Waals surface area contributed by atoms with E-state index in [0.29, 0.717) is 5.92 Å². The Bertz CT molecular complexity index is 436. The van der Waals surface area contributed by atoms with E-state index in [2.05, 4.69) is 37.1 Å². The number of allylic oxidation sites excluding steroid dienone is 7. The summed E-state index contributed by atoms with van der Waals surface area (Å²) in [5, 5.41) is 0. The van der Waals surface area contributed by atoms with E-state index in [1.54, 1.807) is 0 Å². The molecule has 2 unspecified atom stereocenters. The second-order valence-electron chi connectivity index (χ2n) is 4.89. The molecule has 1 aliphatic carbocycles. The Morgan fingerprint density at radius 2 is 2.06 bits per heavy atom. The molecule has 2 atom stereocenters. The maximum Gasteiger partial charge on any atom is 0.0394 e. The largest absolute Gasteiger partial charge is 0.399 e. The van der Waals surface area contributed by atoms with Crippen molar-refractivity contribution < 1.29 is 0 Å². The molecule has 0 fully saturated rings. The maximum absolute atomic E-state index is 5.93. The lowest BCUT2D eigenvalue weighted by Crippen LogP contribution is -2.01. The van der Waals surface area contributed by atoms with Crippen LogP contribution in [0.4, 0.5) is 0 Å². The fourth-order valence-electron chi connectivity index (χ4n) is 2.08. The van der Waals surface area contributed by atoms with Crippen LogP contribution in [-0.2, 0) is 0 Å². The van der Waals surface area contributed by atoms with E-state index < -0.39 is 0 Å². The first kappa shape index (κ1) is 11.9. The van der Waals surface area contributed by atoms with E-state index in [1.165, 1.54) is 11.3 Å². The normalized spacial score (nSPS) is 30.8. The van der Waals surface area contributed by atoms with Crippen molar-refractivity contribution in [2.24, 2.45) is 22.6 Å². The van der Waals surface area contributed by atoms with Gasteiger partial charge >= 0.3 is 0 Å². The van der Waals surface area contributed by atoms with Crippen LogP contribution in [0.5, 0.6) is 0 Å². The van der Waals surface area contributed by atoms with Gasteiger partial charge in [0.15, 0.2) is 0 Å². The van der Waals surface area contributed by atoms with E-state index in [4.69, 9.17) is 5.73 Å². The van der Waals surface area contributed by atoms with E-state index in [0.717, 1.165) is 18.5 Å². The van der Waals surface area contributed by atoms with Crippen molar-refractivity contribution >= 4 is 6.21 Å². The lowest BCUT2D eigenvalue weighted by Gasteiger charge is -2.09. The van der Waals surface area contributed by atoms with Crippen molar-refractivity contribution in [2.45, 2.75) is 26.7 Å². The van der Waals surface area contributed by atoms with Gasteiger partial charge in [0, 0.05) is 29.4 Å². The minimum Gasteiger partial charge on any atom is -0.399 e. The number of rotatable bonds is 0. The fourth-order valence-corrected chi connectivity index (χ4v) is 2.08. The molecule has 0 saturated carbocycles. The molecule has 2 bridgehead atoms. The molecule has 2 aliphatic rings. The Labute approximate surface area is 103 Å². The molecule has 2 nitrogen and oxygen atoms in total.